The third-order valence-corrected chi connectivity index (χ3v) is 3.75. The van der Waals surface area contributed by atoms with Crippen molar-refractivity contribution in [1.29, 1.82) is 0 Å². The number of ether oxygens (including phenoxy) is 1. The van der Waals surface area contributed by atoms with Crippen LogP contribution in [0, 0.1) is 5.82 Å². The number of carbonyl (C=O) groups excluding carboxylic acids is 1. The lowest BCUT2D eigenvalue weighted by Gasteiger charge is -2.10. The van der Waals surface area contributed by atoms with Crippen LogP contribution in [-0.2, 0) is 20.0 Å². The van der Waals surface area contributed by atoms with E-state index in [0.29, 0.717) is 17.9 Å². The molecule has 6 heteroatoms. The first-order chi connectivity index (χ1) is 12.1. The molecule has 0 aliphatic carbocycles. The van der Waals surface area contributed by atoms with Crippen molar-refractivity contribution in [2.45, 2.75) is 33.2 Å². The third kappa shape index (κ3) is 4.92. The van der Waals surface area contributed by atoms with E-state index in [4.69, 9.17) is 4.74 Å². The van der Waals surface area contributed by atoms with Crippen LogP contribution in [-0.4, -0.2) is 22.3 Å². The highest BCUT2D eigenvalue weighted by atomic mass is 19.1. The summed E-state index contributed by atoms with van der Waals surface area (Å²) in [6.45, 7) is 4.39. The van der Waals surface area contributed by atoms with Crippen molar-refractivity contribution in [2.24, 2.45) is 7.05 Å². The van der Waals surface area contributed by atoms with Crippen LogP contribution in [0.1, 0.15) is 42.0 Å². The first-order valence-corrected chi connectivity index (χ1v) is 8.43. The number of aromatic nitrogens is 2. The number of nitrogens with one attached hydrogen (secondary N) is 1. The van der Waals surface area contributed by atoms with Crippen molar-refractivity contribution in [3.05, 3.63) is 59.2 Å². The molecule has 0 bridgehead atoms. The topological polar surface area (TPSA) is 56.1 Å². The first kappa shape index (κ1) is 18.7. The van der Waals surface area contributed by atoms with Gasteiger partial charge in [0, 0.05) is 19.2 Å². The largest absolute Gasteiger partial charge is 0.486 e. The van der Waals surface area contributed by atoms with Gasteiger partial charge in [0.05, 0.1) is 5.69 Å². The van der Waals surface area contributed by atoms with Crippen molar-refractivity contribution in [1.82, 2.24) is 15.1 Å². The van der Waals surface area contributed by atoms with Crippen LogP contribution in [0.2, 0.25) is 0 Å². The Bertz CT molecular complexity index is 753. The number of allylic oxidation sites excluding steroid dienone is 1. The van der Waals surface area contributed by atoms with E-state index in [1.165, 1.54) is 4.68 Å². The highest BCUT2D eigenvalue weighted by Gasteiger charge is 2.14. The molecule has 0 saturated heterocycles. The van der Waals surface area contributed by atoms with Gasteiger partial charge >= 0.3 is 0 Å². The third-order valence-electron chi connectivity index (χ3n) is 3.75. The van der Waals surface area contributed by atoms with Crippen molar-refractivity contribution < 1.29 is 13.9 Å². The number of carbonyl (C=O) groups is 1. The lowest BCUT2D eigenvalue weighted by atomic mass is 10.2. The van der Waals surface area contributed by atoms with Gasteiger partial charge in [0.1, 0.15) is 12.3 Å². The maximum absolute atomic E-state index is 14.5. The number of rotatable bonds is 8. The Balaban J connectivity index is 2.01. The second-order valence-corrected chi connectivity index (χ2v) is 5.60. The Hall–Kier alpha value is -2.63. The molecule has 0 spiro atoms. The zero-order chi connectivity index (χ0) is 18.2. The Morgan fingerprint density at radius 2 is 2.16 bits per heavy atom. The number of benzene rings is 1. The lowest BCUT2D eigenvalue weighted by molar-refractivity contribution is 0.0941. The van der Waals surface area contributed by atoms with Gasteiger partial charge in [-0.3, -0.25) is 9.48 Å². The molecule has 25 heavy (non-hydrogen) atoms. The van der Waals surface area contributed by atoms with E-state index in [1.807, 2.05) is 26.0 Å². The lowest BCUT2D eigenvalue weighted by Crippen LogP contribution is -2.25. The van der Waals surface area contributed by atoms with E-state index < -0.39 is 5.82 Å². The van der Waals surface area contributed by atoms with Crippen LogP contribution in [0.5, 0.6) is 5.75 Å². The summed E-state index contributed by atoms with van der Waals surface area (Å²) < 4.78 is 21.4. The maximum Gasteiger partial charge on any atom is 0.269 e. The smallest absolute Gasteiger partial charge is 0.269 e. The summed E-state index contributed by atoms with van der Waals surface area (Å²) in [7, 11) is 1.72. The van der Waals surface area contributed by atoms with Gasteiger partial charge < -0.3 is 10.1 Å². The highest BCUT2D eigenvalue weighted by Crippen LogP contribution is 2.20. The number of amides is 1. The van der Waals surface area contributed by atoms with E-state index >= 15 is 0 Å². The Morgan fingerprint density at radius 1 is 1.36 bits per heavy atom. The first-order valence-electron chi connectivity index (χ1n) is 8.43. The summed E-state index contributed by atoms with van der Waals surface area (Å²) in [5.74, 6) is -0.556. The van der Waals surface area contributed by atoms with Crippen LogP contribution < -0.4 is 10.1 Å². The quantitative estimate of drug-likeness (QED) is 0.746. The van der Waals surface area contributed by atoms with Gasteiger partial charge in [0.25, 0.3) is 5.91 Å². The Labute approximate surface area is 147 Å². The molecule has 1 amide bonds. The predicted octanol–water partition coefficient (Wildman–Crippen LogP) is 3.40. The second-order valence-electron chi connectivity index (χ2n) is 5.60. The monoisotopic (exact) mass is 345 g/mol. The molecular formula is C19H24FN3O2. The fourth-order valence-corrected chi connectivity index (χ4v) is 2.35. The molecule has 0 radical (unpaired) electrons. The average Bonchev–Trinajstić information content (AvgIpc) is 2.99. The molecule has 1 heterocycles. The average molecular weight is 345 g/mol. The van der Waals surface area contributed by atoms with Crippen molar-refractivity contribution in [2.75, 3.05) is 6.61 Å². The molecular weight excluding hydrogens is 321 g/mol. The molecule has 134 valence electrons. The van der Waals surface area contributed by atoms with E-state index in [-0.39, 0.29) is 18.2 Å². The highest BCUT2D eigenvalue weighted by molar-refractivity contribution is 5.92. The Morgan fingerprint density at radius 3 is 2.84 bits per heavy atom. The van der Waals surface area contributed by atoms with Crippen LogP contribution >= 0.6 is 0 Å². The van der Waals surface area contributed by atoms with Crippen molar-refractivity contribution in [3.8, 4) is 5.75 Å². The molecule has 1 aromatic carbocycles. The minimum absolute atomic E-state index is 0.0826. The molecule has 0 unspecified atom stereocenters. The molecule has 0 atom stereocenters. The van der Waals surface area contributed by atoms with Crippen LogP contribution in [0.25, 0.3) is 0 Å². The summed E-state index contributed by atoms with van der Waals surface area (Å²) in [5.41, 5.74) is 1.67. The molecule has 2 aromatic rings. The summed E-state index contributed by atoms with van der Waals surface area (Å²) in [6.07, 6.45) is 5.47. The van der Waals surface area contributed by atoms with Crippen molar-refractivity contribution >= 4 is 5.91 Å². The second kappa shape index (κ2) is 9.01. The van der Waals surface area contributed by atoms with Gasteiger partial charge in [-0.15, -0.1) is 0 Å². The van der Waals surface area contributed by atoms with Gasteiger partial charge in [0.2, 0.25) is 0 Å². The van der Waals surface area contributed by atoms with Gasteiger partial charge in [-0.25, -0.2) is 4.39 Å². The number of aryl methyl sites for hydroxylation is 2. The minimum Gasteiger partial charge on any atom is -0.486 e. The maximum atomic E-state index is 14.5. The fraction of sp³-hybridized carbons (Fsp3) is 0.368. The summed E-state index contributed by atoms with van der Waals surface area (Å²) in [6, 6.07) is 6.66. The van der Waals surface area contributed by atoms with E-state index in [0.717, 1.165) is 18.5 Å². The van der Waals surface area contributed by atoms with Crippen LogP contribution in [0.4, 0.5) is 4.39 Å². The summed E-state index contributed by atoms with van der Waals surface area (Å²) in [4.78, 5) is 12.3. The van der Waals surface area contributed by atoms with Crippen LogP contribution in [0.3, 0.4) is 0 Å². The van der Waals surface area contributed by atoms with Gasteiger partial charge in [-0.2, -0.15) is 5.10 Å². The molecule has 1 N–H and O–H groups in total. The van der Waals surface area contributed by atoms with E-state index in [1.54, 1.807) is 31.3 Å². The molecule has 2 rings (SSSR count). The minimum atomic E-state index is -0.452. The standard InChI is InChI=1S/C19H24FN3O2/c1-4-6-7-11-25-17-10-8-9-14(18(17)20)13-21-19(24)16-12-15(5-2)22-23(16)3/h6-10,12H,4-5,11,13H2,1-3H3,(H,21,24). The number of nitrogens with zero attached hydrogens (tertiary/aromatic N) is 2. The van der Waals surface area contributed by atoms with Gasteiger partial charge in [-0.1, -0.05) is 38.1 Å². The fourth-order valence-electron chi connectivity index (χ4n) is 2.35. The number of hydrogen-bond acceptors (Lipinski definition) is 3. The van der Waals surface area contributed by atoms with Gasteiger partial charge in [0.15, 0.2) is 11.6 Å². The van der Waals surface area contributed by atoms with E-state index in [9.17, 15) is 9.18 Å². The van der Waals surface area contributed by atoms with E-state index in [2.05, 4.69) is 10.4 Å². The molecule has 0 saturated carbocycles. The van der Waals surface area contributed by atoms with Crippen LogP contribution in [0.15, 0.2) is 36.4 Å². The van der Waals surface area contributed by atoms with Gasteiger partial charge in [-0.05, 0) is 25.0 Å². The summed E-state index contributed by atoms with van der Waals surface area (Å²) >= 11 is 0. The molecule has 0 aliphatic rings. The zero-order valence-corrected chi connectivity index (χ0v) is 14.9. The molecule has 1 aromatic heterocycles. The summed E-state index contributed by atoms with van der Waals surface area (Å²) in [5, 5.41) is 6.97. The SMILES string of the molecule is CCC=CCOc1cccc(CNC(=O)c2cc(CC)nn2C)c1F. The molecule has 5 nitrogen and oxygen atoms in total. The zero-order valence-electron chi connectivity index (χ0n) is 14.9. The van der Waals surface area contributed by atoms with Crippen molar-refractivity contribution in [3.63, 3.8) is 0 Å². The Kier molecular flexibility index (Phi) is 6.74. The number of hydrogen-bond donors (Lipinski definition) is 1. The molecule has 0 fully saturated rings. The normalized spacial score (nSPS) is 11.0. The molecule has 0 aliphatic heterocycles. The number of halogens is 1. The predicted molar refractivity (Wildman–Crippen MR) is 95.1 cm³/mol.